The maximum absolute atomic E-state index is 12.1. The highest BCUT2D eigenvalue weighted by atomic mass is 127. The molecule has 0 fully saturated rings. The Kier molecular flexibility index (Phi) is 7.93. The van der Waals surface area contributed by atoms with E-state index in [2.05, 4.69) is 50.5 Å². The Morgan fingerprint density at radius 3 is 2.81 bits per heavy atom. The van der Waals surface area contributed by atoms with Gasteiger partial charge in [-0.2, -0.15) is 0 Å². The van der Waals surface area contributed by atoms with Gasteiger partial charge in [-0.3, -0.25) is 4.79 Å². The van der Waals surface area contributed by atoms with Gasteiger partial charge in [0.15, 0.2) is 5.78 Å². The van der Waals surface area contributed by atoms with Crippen LogP contribution < -0.4 is 0 Å². The number of benzene rings is 1. The molecule has 0 radical (unpaired) electrons. The minimum atomic E-state index is -0.545. The summed E-state index contributed by atoms with van der Waals surface area (Å²) in [6.07, 6.45) is 6.96. The second-order valence-electron chi connectivity index (χ2n) is 5.35. The first-order valence-corrected chi connectivity index (χ1v) is 9.05. The molecule has 114 valence electrons. The molecule has 1 aromatic rings. The summed E-state index contributed by atoms with van der Waals surface area (Å²) in [5, 5.41) is 0.375. The molecule has 21 heavy (non-hydrogen) atoms. The number of carbonyl (C=O) groups excluding carboxylic acids is 1. The fourth-order valence-corrected chi connectivity index (χ4v) is 2.94. The highest BCUT2D eigenvalue weighted by Gasteiger charge is 2.20. The van der Waals surface area contributed by atoms with Crippen molar-refractivity contribution in [3.63, 3.8) is 0 Å². The molecule has 1 rings (SSSR count). The van der Waals surface area contributed by atoms with Gasteiger partial charge >= 0.3 is 0 Å². The largest absolute Gasteiger partial charge is 0.363 e. The van der Waals surface area contributed by atoms with Crippen LogP contribution in [0.25, 0.3) is 0 Å². The first kappa shape index (κ1) is 18.7. The topological polar surface area (TPSA) is 26.3 Å². The fourth-order valence-electron chi connectivity index (χ4n) is 1.99. The summed E-state index contributed by atoms with van der Waals surface area (Å²) in [7, 11) is 0. The van der Waals surface area contributed by atoms with E-state index in [0.717, 1.165) is 22.0 Å². The van der Waals surface area contributed by atoms with Crippen molar-refractivity contribution in [2.75, 3.05) is 11.9 Å². The zero-order valence-electron chi connectivity index (χ0n) is 12.4. The number of halogens is 2. The predicted octanol–water partition coefficient (Wildman–Crippen LogP) is 4.55. The number of alkyl halides is 1. The van der Waals surface area contributed by atoms with E-state index in [1.807, 2.05) is 32.0 Å². The third-order valence-electron chi connectivity index (χ3n) is 3.22. The van der Waals surface area contributed by atoms with Crippen LogP contribution in [-0.2, 0) is 9.53 Å². The van der Waals surface area contributed by atoms with Gasteiger partial charge in [0.2, 0.25) is 0 Å². The first-order chi connectivity index (χ1) is 9.89. The second-order valence-corrected chi connectivity index (χ2v) is 7.16. The quantitative estimate of drug-likeness (QED) is 0.245. The summed E-state index contributed by atoms with van der Waals surface area (Å²) in [5.74, 6) is 2.72. The van der Waals surface area contributed by atoms with Crippen LogP contribution in [0.1, 0.15) is 38.2 Å². The summed E-state index contributed by atoms with van der Waals surface area (Å²) in [4.78, 5) is 12.1. The van der Waals surface area contributed by atoms with E-state index < -0.39 is 5.60 Å². The fraction of sp³-hybridized carbons (Fsp3) is 0.471. The van der Waals surface area contributed by atoms with Crippen molar-refractivity contribution >= 4 is 44.3 Å². The number of ketones is 1. The Hall–Kier alpha value is -0.380. The number of hydrogen-bond donors (Lipinski definition) is 0. The third-order valence-corrected chi connectivity index (χ3v) is 4.44. The number of carbonyl (C=O) groups is 1. The van der Waals surface area contributed by atoms with Gasteiger partial charge < -0.3 is 4.74 Å². The molecule has 0 aliphatic carbocycles. The summed E-state index contributed by atoms with van der Waals surface area (Å²) in [6, 6.07) is 8.10. The van der Waals surface area contributed by atoms with Crippen LogP contribution >= 0.6 is 38.5 Å². The molecule has 0 bridgehead atoms. The Balaban J connectivity index is 2.65. The molecule has 1 unspecified atom stereocenters. The third kappa shape index (κ3) is 6.50. The molecule has 4 heteroatoms. The van der Waals surface area contributed by atoms with Crippen molar-refractivity contribution in [1.82, 2.24) is 0 Å². The van der Waals surface area contributed by atoms with E-state index in [1.165, 1.54) is 0 Å². The van der Waals surface area contributed by atoms with Crippen LogP contribution in [0.2, 0.25) is 0 Å². The lowest BCUT2D eigenvalue weighted by molar-refractivity contribution is -0.118. The molecule has 1 aromatic carbocycles. The molecular formula is C17H20BrIO2. The molecule has 0 aromatic heterocycles. The van der Waals surface area contributed by atoms with Crippen LogP contribution in [-0.4, -0.2) is 23.3 Å². The van der Waals surface area contributed by atoms with Crippen LogP contribution in [0.5, 0.6) is 0 Å². The zero-order valence-corrected chi connectivity index (χ0v) is 16.1. The normalized spacial score (nSPS) is 12.7. The predicted molar refractivity (Wildman–Crippen MR) is 98.8 cm³/mol. The van der Waals surface area contributed by atoms with Crippen molar-refractivity contribution in [2.24, 2.45) is 0 Å². The van der Waals surface area contributed by atoms with Crippen LogP contribution in [0.15, 0.2) is 24.3 Å². The lowest BCUT2D eigenvalue weighted by atomic mass is 9.91. The second kappa shape index (κ2) is 8.92. The lowest BCUT2D eigenvalue weighted by Gasteiger charge is -2.20. The van der Waals surface area contributed by atoms with Crippen LogP contribution in [0.4, 0.5) is 0 Å². The highest BCUT2D eigenvalue weighted by molar-refractivity contribution is 14.1. The van der Waals surface area contributed by atoms with Crippen molar-refractivity contribution < 1.29 is 9.53 Å². The summed E-state index contributed by atoms with van der Waals surface area (Å²) in [5.41, 5.74) is 0.527. The molecule has 0 aliphatic rings. The Morgan fingerprint density at radius 1 is 1.52 bits per heavy atom. The van der Waals surface area contributed by atoms with Crippen molar-refractivity contribution in [2.45, 2.75) is 38.2 Å². The van der Waals surface area contributed by atoms with E-state index in [9.17, 15) is 4.79 Å². The van der Waals surface area contributed by atoms with Gasteiger partial charge in [-0.05, 0) is 67.0 Å². The summed E-state index contributed by atoms with van der Waals surface area (Å²) < 4.78 is 6.78. The van der Waals surface area contributed by atoms with Gasteiger partial charge in [0.1, 0.15) is 5.60 Å². The number of rotatable bonds is 8. The van der Waals surface area contributed by atoms with Crippen LogP contribution in [0.3, 0.4) is 0 Å². The van der Waals surface area contributed by atoms with Gasteiger partial charge in [-0.15, -0.1) is 6.42 Å². The molecule has 0 N–H and O–H groups in total. The average Bonchev–Trinajstić information content (AvgIpc) is 2.46. The number of terminal acetylenes is 1. The molecule has 0 saturated heterocycles. The molecule has 0 heterocycles. The summed E-state index contributed by atoms with van der Waals surface area (Å²) in [6.45, 7) is 4.30. The van der Waals surface area contributed by atoms with E-state index in [0.29, 0.717) is 11.9 Å². The smallest absolute Gasteiger partial charge is 0.150 e. The van der Waals surface area contributed by atoms with Crippen molar-refractivity contribution in [3.05, 3.63) is 33.4 Å². The number of ether oxygens (including phenoxy) is 1. The van der Waals surface area contributed by atoms with Gasteiger partial charge in [0.25, 0.3) is 0 Å². The molecule has 0 aliphatic heterocycles. The molecule has 1 atom stereocenters. The maximum Gasteiger partial charge on any atom is 0.150 e. The van der Waals surface area contributed by atoms with Crippen molar-refractivity contribution in [1.29, 1.82) is 0 Å². The maximum atomic E-state index is 12.1. The van der Waals surface area contributed by atoms with Crippen molar-refractivity contribution in [3.8, 4) is 12.3 Å². The summed E-state index contributed by atoms with van der Waals surface area (Å²) >= 11 is 5.54. The van der Waals surface area contributed by atoms with E-state index in [4.69, 9.17) is 11.2 Å². The minimum absolute atomic E-state index is 0.0864. The first-order valence-electron chi connectivity index (χ1n) is 6.85. The lowest BCUT2D eigenvalue weighted by Crippen LogP contribution is -2.23. The zero-order chi connectivity index (χ0) is 15.9. The number of hydrogen-bond acceptors (Lipinski definition) is 2. The minimum Gasteiger partial charge on any atom is -0.363 e. The monoisotopic (exact) mass is 462 g/mol. The van der Waals surface area contributed by atoms with E-state index >= 15 is 0 Å². The van der Waals surface area contributed by atoms with Crippen LogP contribution in [0, 0.1) is 15.9 Å². The van der Waals surface area contributed by atoms with E-state index in [-0.39, 0.29) is 11.7 Å². The van der Waals surface area contributed by atoms with E-state index in [1.54, 1.807) is 0 Å². The molecule has 0 saturated carbocycles. The van der Waals surface area contributed by atoms with Gasteiger partial charge in [0, 0.05) is 16.1 Å². The van der Waals surface area contributed by atoms with Gasteiger partial charge in [-0.1, -0.05) is 34.0 Å². The highest BCUT2D eigenvalue weighted by Crippen LogP contribution is 2.25. The average molecular weight is 463 g/mol. The van der Waals surface area contributed by atoms with Gasteiger partial charge in [-0.25, -0.2) is 0 Å². The van der Waals surface area contributed by atoms with Gasteiger partial charge in [0.05, 0.1) is 5.33 Å². The molecule has 2 nitrogen and oxygen atoms in total. The molecule has 0 amide bonds. The number of Topliss-reactive ketones (excluding diaryl/α,β-unsaturated/α-hetero) is 1. The molecule has 0 spiro atoms. The standard InChI is InChI=1S/C17H20BrIO2/c1-4-17(2,3)21-10-6-9-15(16(20)12-18)13-7-5-8-14(19)11-13/h1,5,7-8,11,15H,6,9-10,12H2,2-3H3. The Morgan fingerprint density at radius 2 is 2.24 bits per heavy atom. The molecular weight excluding hydrogens is 443 g/mol. The Labute approximate surface area is 149 Å². The Bertz CT molecular complexity index is 520. The SMILES string of the molecule is C#CC(C)(C)OCCCC(C(=O)CBr)c1cccc(I)c1.